The summed E-state index contributed by atoms with van der Waals surface area (Å²) in [5.74, 6) is 0.597. The van der Waals surface area contributed by atoms with E-state index in [9.17, 15) is 13.2 Å². The molecule has 0 fully saturated rings. The topological polar surface area (TPSA) is 71.4 Å². The molecule has 0 aliphatic carbocycles. The molecule has 0 radical (unpaired) electrons. The van der Waals surface area contributed by atoms with Gasteiger partial charge in [0.05, 0.1) is 6.04 Å². The maximum atomic E-state index is 12.9. The fourth-order valence-corrected chi connectivity index (χ4v) is 6.18. The number of nitrogens with zero attached hydrogens (tertiary/aromatic N) is 2. The average Bonchev–Trinajstić information content (AvgIpc) is 3.06. The number of thioether (sulfide) groups is 1. The van der Waals surface area contributed by atoms with Gasteiger partial charge in [0.25, 0.3) is 5.91 Å². The third-order valence-corrected chi connectivity index (χ3v) is 8.25. The zero-order valence-electron chi connectivity index (χ0n) is 16.1. The molecule has 0 saturated heterocycles. The number of carbonyl (C=O) groups excluding carboxylic acids is 1. The van der Waals surface area contributed by atoms with Crippen molar-refractivity contribution in [3.63, 3.8) is 0 Å². The maximum absolute atomic E-state index is 12.9. The minimum absolute atomic E-state index is 0.131. The van der Waals surface area contributed by atoms with Crippen LogP contribution >= 0.6 is 23.4 Å². The first-order valence-corrected chi connectivity index (χ1v) is 12.0. The number of rotatable bonds is 6. The molecule has 2 heterocycles. The Balaban J connectivity index is 1.86. The maximum Gasteiger partial charge on any atom is 0.268 e. The zero-order valence-corrected chi connectivity index (χ0v) is 18.5. The number of hydrogen-bond donors (Lipinski definition) is 1. The fraction of sp³-hybridized carbons (Fsp3) is 0.421. The van der Waals surface area contributed by atoms with Crippen LogP contribution in [0, 0.1) is 0 Å². The molecular weight excluding hydrogens is 418 g/mol. The lowest BCUT2D eigenvalue weighted by molar-refractivity contribution is 0.0926. The Labute approximate surface area is 175 Å². The first-order chi connectivity index (χ1) is 13.3. The fourth-order valence-electron chi connectivity index (χ4n) is 3.36. The molecule has 1 N–H and O–H groups in total. The summed E-state index contributed by atoms with van der Waals surface area (Å²) in [7, 11) is -1.93. The van der Waals surface area contributed by atoms with Crippen molar-refractivity contribution in [3.05, 3.63) is 46.7 Å². The van der Waals surface area contributed by atoms with Gasteiger partial charge in [0.1, 0.15) is 10.6 Å². The minimum Gasteiger partial charge on any atom is -0.345 e. The van der Waals surface area contributed by atoms with Crippen molar-refractivity contribution in [2.75, 3.05) is 18.8 Å². The van der Waals surface area contributed by atoms with Gasteiger partial charge in [-0.3, -0.25) is 4.79 Å². The predicted molar refractivity (Wildman–Crippen MR) is 113 cm³/mol. The van der Waals surface area contributed by atoms with Gasteiger partial charge in [0.15, 0.2) is 0 Å². The number of benzene rings is 1. The molecule has 0 bridgehead atoms. The van der Waals surface area contributed by atoms with Crippen molar-refractivity contribution in [2.24, 2.45) is 7.05 Å². The van der Waals surface area contributed by atoms with E-state index >= 15 is 0 Å². The SMILES string of the molecule is CCN(CC)S(=O)(=O)c1cc(C(=O)N[C@@H]2CCSc3ccc(Cl)cc32)n(C)c1. The summed E-state index contributed by atoms with van der Waals surface area (Å²) in [5, 5.41) is 3.67. The third-order valence-electron chi connectivity index (χ3n) is 4.87. The van der Waals surface area contributed by atoms with Gasteiger partial charge in [-0.2, -0.15) is 4.31 Å². The highest BCUT2D eigenvalue weighted by Gasteiger charge is 2.27. The number of aryl methyl sites for hydroxylation is 1. The predicted octanol–water partition coefficient (Wildman–Crippen LogP) is 3.68. The lowest BCUT2D eigenvalue weighted by atomic mass is 10.0. The highest BCUT2D eigenvalue weighted by Crippen LogP contribution is 2.37. The molecule has 1 aliphatic heterocycles. The van der Waals surface area contributed by atoms with Crippen LogP contribution in [0.1, 0.15) is 42.4 Å². The van der Waals surface area contributed by atoms with E-state index in [4.69, 9.17) is 11.6 Å². The standard InChI is InChI=1S/C19H24ClN3O3S2/c1-4-23(5-2)28(25,26)14-11-17(22(3)12-14)19(24)21-16-8-9-27-18-7-6-13(20)10-15(16)18/h6-7,10-12,16H,4-5,8-9H2,1-3H3,(H,21,24)/t16-/m1/s1. The van der Waals surface area contributed by atoms with Gasteiger partial charge >= 0.3 is 0 Å². The Kier molecular flexibility index (Phi) is 6.44. The van der Waals surface area contributed by atoms with Crippen molar-refractivity contribution >= 4 is 39.3 Å². The average molecular weight is 442 g/mol. The Hall–Kier alpha value is -1.48. The second-order valence-electron chi connectivity index (χ2n) is 6.61. The normalized spacial score (nSPS) is 16.8. The summed E-state index contributed by atoms with van der Waals surface area (Å²) in [4.78, 5) is 14.1. The Morgan fingerprint density at radius 2 is 2.04 bits per heavy atom. The first kappa shape index (κ1) is 21.2. The van der Waals surface area contributed by atoms with Gasteiger partial charge in [0, 0.05) is 42.0 Å². The van der Waals surface area contributed by atoms with Gasteiger partial charge in [-0.1, -0.05) is 25.4 Å². The Morgan fingerprint density at radius 3 is 2.71 bits per heavy atom. The number of hydrogen-bond acceptors (Lipinski definition) is 4. The van der Waals surface area contributed by atoms with Crippen LogP contribution in [0.2, 0.25) is 5.02 Å². The molecule has 1 aromatic carbocycles. The van der Waals surface area contributed by atoms with E-state index in [0.717, 1.165) is 22.6 Å². The molecule has 28 heavy (non-hydrogen) atoms. The van der Waals surface area contributed by atoms with Crippen molar-refractivity contribution in [2.45, 2.75) is 36.1 Å². The largest absolute Gasteiger partial charge is 0.345 e. The van der Waals surface area contributed by atoms with E-state index in [2.05, 4.69) is 5.32 Å². The lowest BCUT2D eigenvalue weighted by Crippen LogP contribution is -2.32. The molecule has 152 valence electrons. The van der Waals surface area contributed by atoms with Crippen molar-refractivity contribution < 1.29 is 13.2 Å². The number of aromatic nitrogens is 1. The number of nitrogens with one attached hydrogen (secondary N) is 1. The van der Waals surface area contributed by atoms with Crippen LogP contribution in [-0.2, 0) is 17.1 Å². The monoisotopic (exact) mass is 441 g/mol. The summed E-state index contributed by atoms with van der Waals surface area (Å²) in [6.07, 6.45) is 2.28. The second kappa shape index (κ2) is 8.49. The van der Waals surface area contributed by atoms with Crippen LogP contribution in [0.4, 0.5) is 0 Å². The number of fused-ring (bicyclic) bond motifs is 1. The number of carbonyl (C=O) groups is 1. The van der Waals surface area contributed by atoms with Gasteiger partial charge in [0.2, 0.25) is 10.0 Å². The van der Waals surface area contributed by atoms with E-state index in [1.807, 2.05) is 18.2 Å². The number of halogens is 1. The minimum atomic E-state index is -3.61. The van der Waals surface area contributed by atoms with Crippen LogP contribution in [0.3, 0.4) is 0 Å². The zero-order chi connectivity index (χ0) is 20.5. The Bertz CT molecular complexity index is 984. The molecule has 1 amide bonds. The van der Waals surface area contributed by atoms with Crippen LogP contribution in [0.5, 0.6) is 0 Å². The summed E-state index contributed by atoms with van der Waals surface area (Å²) < 4.78 is 28.4. The van der Waals surface area contributed by atoms with Gasteiger partial charge in [-0.25, -0.2) is 8.42 Å². The van der Waals surface area contributed by atoms with Gasteiger partial charge in [-0.05, 0) is 36.2 Å². The number of sulfonamides is 1. The van der Waals surface area contributed by atoms with Gasteiger partial charge in [-0.15, -0.1) is 11.8 Å². The summed E-state index contributed by atoms with van der Waals surface area (Å²) in [5.41, 5.74) is 1.31. The lowest BCUT2D eigenvalue weighted by Gasteiger charge is -2.26. The van der Waals surface area contributed by atoms with Crippen LogP contribution in [0.15, 0.2) is 40.3 Å². The third kappa shape index (κ3) is 4.10. The molecule has 3 rings (SSSR count). The summed E-state index contributed by atoms with van der Waals surface area (Å²) in [6.45, 7) is 4.35. The van der Waals surface area contributed by atoms with E-state index in [1.165, 1.54) is 16.6 Å². The van der Waals surface area contributed by atoms with E-state index in [1.54, 1.807) is 37.2 Å². The Morgan fingerprint density at radius 1 is 1.32 bits per heavy atom. The van der Waals surface area contributed by atoms with Gasteiger partial charge < -0.3 is 9.88 Å². The van der Waals surface area contributed by atoms with Crippen LogP contribution < -0.4 is 5.32 Å². The molecular formula is C19H24ClN3O3S2. The molecule has 1 aliphatic rings. The molecule has 9 heteroatoms. The molecule has 6 nitrogen and oxygen atoms in total. The van der Waals surface area contributed by atoms with Crippen molar-refractivity contribution in [1.29, 1.82) is 0 Å². The first-order valence-electron chi connectivity index (χ1n) is 9.17. The number of amides is 1. The molecule has 1 aromatic heterocycles. The quantitative estimate of drug-likeness (QED) is 0.742. The summed E-state index contributed by atoms with van der Waals surface area (Å²) >= 11 is 7.88. The van der Waals surface area contributed by atoms with Crippen molar-refractivity contribution in [3.8, 4) is 0 Å². The van der Waals surface area contributed by atoms with Crippen LogP contribution in [-0.4, -0.2) is 42.0 Å². The summed E-state index contributed by atoms with van der Waals surface area (Å²) in [6, 6.07) is 6.99. The van der Waals surface area contributed by atoms with Crippen LogP contribution in [0.25, 0.3) is 0 Å². The molecule has 0 spiro atoms. The highest BCUT2D eigenvalue weighted by atomic mass is 35.5. The molecule has 2 aromatic rings. The highest BCUT2D eigenvalue weighted by molar-refractivity contribution is 7.99. The molecule has 0 unspecified atom stereocenters. The molecule has 0 saturated carbocycles. The van der Waals surface area contributed by atoms with E-state index in [0.29, 0.717) is 23.8 Å². The second-order valence-corrected chi connectivity index (χ2v) is 10.1. The molecule has 1 atom stereocenters. The smallest absolute Gasteiger partial charge is 0.268 e. The van der Waals surface area contributed by atoms with Crippen molar-refractivity contribution in [1.82, 2.24) is 14.2 Å². The van der Waals surface area contributed by atoms with E-state index in [-0.39, 0.29) is 16.8 Å². The van der Waals surface area contributed by atoms with E-state index < -0.39 is 10.0 Å².